The molecule has 18 aromatic rings. The SMILES string of the molecule is Cc1ccc2c(c1)c1cc(C)ccc1n2-c1ccc(-c2ccc(C#N)cc2C(F)(F)F)cc1-c1ccc(C#N)cc1-n1c2ccc(C)cc2c2cc(CCC(C)(C)c3ccc4c(c3)c3ccccc3n4-c3cc(C#N)ccc3-c3cc(-c4ccc(C#N)cc4C(F)(F)F)ccc3-n3c4ccccc4c4cc(C(C)(C)C)ccc43)ccc21. The fourth-order valence-corrected chi connectivity index (χ4v) is 17.5. The van der Waals surface area contributed by atoms with Gasteiger partial charge in [-0.2, -0.15) is 47.4 Å². The first-order valence-corrected chi connectivity index (χ1v) is 38.4. The van der Waals surface area contributed by atoms with Gasteiger partial charge in [0.15, 0.2) is 0 Å². The zero-order valence-corrected chi connectivity index (χ0v) is 64.7. The zero-order valence-electron chi connectivity index (χ0n) is 64.7. The van der Waals surface area contributed by atoms with Gasteiger partial charge in [0.05, 0.1) is 125 Å². The number of nitriles is 4. The molecule has 0 unspecified atom stereocenters. The van der Waals surface area contributed by atoms with Crippen LogP contribution in [0.2, 0.25) is 0 Å². The van der Waals surface area contributed by atoms with Crippen molar-refractivity contribution in [1.29, 1.82) is 21.0 Å². The molecule has 0 aliphatic rings. The third-order valence-corrected chi connectivity index (χ3v) is 23.4. The van der Waals surface area contributed by atoms with Gasteiger partial charge in [-0.05, 0) is 241 Å². The van der Waals surface area contributed by atoms with Crippen LogP contribution in [0, 0.1) is 66.1 Å². The molecule has 8 nitrogen and oxygen atoms in total. The molecule has 0 amide bonds. The van der Waals surface area contributed by atoms with Crippen molar-refractivity contribution in [3.63, 3.8) is 0 Å². The van der Waals surface area contributed by atoms with E-state index in [0.717, 1.165) is 133 Å². The van der Waals surface area contributed by atoms with E-state index in [1.54, 1.807) is 24.3 Å². The molecule has 0 N–H and O–H groups in total. The van der Waals surface area contributed by atoms with E-state index in [1.165, 1.54) is 24.3 Å². The summed E-state index contributed by atoms with van der Waals surface area (Å²) in [7, 11) is 0. The third-order valence-electron chi connectivity index (χ3n) is 23.4. The molecule has 4 aromatic heterocycles. The summed E-state index contributed by atoms with van der Waals surface area (Å²) >= 11 is 0. The van der Waals surface area contributed by atoms with E-state index >= 15 is 26.3 Å². The van der Waals surface area contributed by atoms with Crippen molar-refractivity contribution in [2.45, 2.75) is 91.4 Å². The summed E-state index contributed by atoms with van der Waals surface area (Å²) in [5.41, 5.74) is 17.2. The fraction of sp³-hybridized carbons (Fsp3) is 0.137. The van der Waals surface area contributed by atoms with Crippen molar-refractivity contribution >= 4 is 87.2 Å². The molecule has 18 rings (SSSR count). The number of fused-ring (bicyclic) bond motifs is 12. The van der Waals surface area contributed by atoms with Crippen molar-refractivity contribution in [2.24, 2.45) is 0 Å². The summed E-state index contributed by atoms with van der Waals surface area (Å²) in [6.45, 7) is 17.2. The summed E-state index contributed by atoms with van der Waals surface area (Å²) in [5.74, 6) is 0. The highest BCUT2D eigenvalue weighted by Crippen LogP contribution is 2.50. The molecule has 0 saturated heterocycles. The minimum absolute atomic E-state index is 0.0843. The van der Waals surface area contributed by atoms with Crippen molar-refractivity contribution in [3.05, 3.63) is 334 Å². The number of alkyl halides is 6. The quantitative estimate of drug-likeness (QED) is 0.113. The summed E-state index contributed by atoms with van der Waals surface area (Å²) in [6.07, 6.45) is -8.21. The summed E-state index contributed by atoms with van der Waals surface area (Å²) < 4.78 is 101. The van der Waals surface area contributed by atoms with Gasteiger partial charge < -0.3 is 18.3 Å². The molecule has 0 atom stereocenters. The Hall–Kier alpha value is -14.2. The molecule has 0 aliphatic carbocycles. The molecule has 4 heterocycles. The normalized spacial score (nSPS) is 12.3. The van der Waals surface area contributed by atoms with E-state index in [9.17, 15) is 21.0 Å². The van der Waals surface area contributed by atoms with Gasteiger partial charge in [0.2, 0.25) is 0 Å². The number of hydrogen-bond donors (Lipinski definition) is 0. The Labute approximate surface area is 665 Å². The Morgan fingerprint density at radius 2 is 0.621 bits per heavy atom. The number of aryl methyl sites for hydroxylation is 4. The Bertz CT molecular complexity index is 7360. The van der Waals surface area contributed by atoms with Crippen LogP contribution in [0.15, 0.2) is 267 Å². The number of para-hydroxylation sites is 2. The Morgan fingerprint density at radius 3 is 1.03 bits per heavy atom. The maximum atomic E-state index is 15.3. The van der Waals surface area contributed by atoms with Gasteiger partial charge >= 0.3 is 12.4 Å². The highest BCUT2D eigenvalue weighted by atomic mass is 19.4. The number of rotatable bonds is 12. The minimum Gasteiger partial charge on any atom is -0.309 e. The number of aromatic nitrogens is 4. The van der Waals surface area contributed by atoms with Crippen LogP contribution in [-0.4, -0.2) is 18.3 Å². The Balaban J connectivity index is 0.759. The first-order chi connectivity index (χ1) is 55.7. The molecule has 0 aliphatic heterocycles. The highest BCUT2D eigenvalue weighted by Gasteiger charge is 2.37. The first-order valence-electron chi connectivity index (χ1n) is 38.4. The smallest absolute Gasteiger partial charge is 0.309 e. The van der Waals surface area contributed by atoms with Gasteiger partial charge in [0, 0.05) is 65.3 Å². The van der Waals surface area contributed by atoms with Crippen LogP contribution in [0.4, 0.5) is 26.3 Å². The van der Waals surface area contributed by atoms with Crippen LogP contribution in [0.25, 0.3) is 154 Å². The lowest BCUT2D eigenvalue weighted by Crippen LogP contribution is -2.18. The van der Waals surface area contributed by atoms with Crippen LogP contribution in [0.5, 0.6) is 0 Å². The number of nitrogens with zero attached hydrogens (tertiary/aromatic N) is 8. The predicted molar refractivity (Wildman–Crippen MR) is 455 cm³/mol. The molecule has 14 aromatic carbocycles. The average Bonchev–Trinajstić information content (AvgIpc) is 1.56. The molecule has 116 heavy (non-hydrogen) atoms. The van der Waals surface area contributed by atoms with Gasteiger partial charge in [0.1, 0.15) is 0 Å². The van der Waals surface area contributed by atoms with Crippen LogP contribution in [0.3, 0.4) is 0 Å². The van der Waals surface area contributed by atoms with E-state index in [2.05, 4.69) is 219 Å². The Kier molecular flexibility index (Phi) is 17.3. The summed E-state index contributed by atoms with van der Waals surface area (Å²) in [6, 6.07) is 92.6. The molecular weight excluding hydrogens is 1450 g/mol. The average molecular weight is 1520 g/mol. The molecule has 562 valence electrons. The molecule has 0 fully saturated rings. The van der Waals surface area contributed by atoms with E-state index in [4.69, 9.17) is 0 Å². The van der Waals surface area contributed by atoms with Gasteiger partial charge in [0.25, 0.3) is 0 Å². The predicted octanol–water partition coefficient (Wildman–Crippen LogP) is 27.4. The molecule has 0 spiro atoms. The molecule has 0 bridgehead atoms. The standard InChI is InChI=1S/C102H72F6N8/c1-59-17-33-89-77(43-59)78-44-60(2)18-34-90(78)114(89)94-38-26-68(72-30-21-64(56-110)48-86(72)102(106,107)108)52-82(94)76-32-23-66(58-112)50-98(76)116-91-35-19-61(3)45-79(91)80-46-62(24-36-92(80)116)41-42-100(7,8)70-28-40-96-84(54-70)74-14-10-12-16-88(74)115(96)97-49-65(57-111)22-31-75(97)81-51-67(71-29-20-63(55-109)47-85(71)101(103,104)105)25-37-93(81)113-87-15-11-9-13-73(87)83-53-69(99(4,5)6)27-39-95(83)113/h9-40,43-54H,41-42H2,1-8H3. The molecular formula is C102H72F6N8. The monoisotopic (exact) mass is 1520 g/mol. The highest BCUT2D eigenvalue weighted by molar-refractivity contribution is 6.15. The van der Waals surface area contributed by atoms with Crippen LogP contribution >= 0.6 is 0 Å². The van der Waals surface area contributed by atoms with Gasteiger partial charge in [-0.15, -0.1) is 0 Å². The lowest BCUT2D eigenvalue weighted by molar-refractivity contribution is -0.137. The molecule has 14 heteroatoms. The van der Waals surface area contributed by atoms with Crippen LogP contribution < -0.4 is 0 Å². The number of halogens is 6. The third kappa shape index (κ3) is 12.3. The van der Waals surface area contributed by atoms with E-state index in [1.807, 2.05) is 84.9 Å². The Morgan fingerprint density at radius 1 is 0.284 bits per heavy atom. The van der Waals surface area contributed by atoms with E-state index in [0.29, 0.717) is 69.0 Å². The van der Waals surface area contributed by atoms with Crippen molar-refractivity contribution in [3.8, 4) is 91.5 Å². The first kappa shape index (κ1) is 73.3. The maximum absolute atomic E-state index is 15.3. The molecule has 0 saturated carbocycles. The lowest BCUT2D eigenvalue weighted by Gasteiger charge is -2.26. The van der Waals surface area contributed by atoms with Gasteiger partial charge in [-0.1, -0.05) is 161 Å². The number of hydrogen-bond acceptors (Lipinski definition) is 4. The second-order valence-electron chi connectivity index (χ2n) is 32.3. The summed E-state index contributed by atoms with van der Waals surface area (Å²) in [4.78, 5) is 0. The largest absolute Gasteiger partial charge is 0.417 e. The number of benzene rings is 14. The lowest BCUT2D eigenvalue weighted by atomic mass is 9.79. The van der Waals surface area contributed by atoms with Crippen LogP contribution in [0.1, 0.15) is 108 Å². The van der Waals surface area contributed by atoms with Gasteiger partial charge in [-0.3, -0.25) is 0 Å². The maximum Gasteiger partial charge on any atom is 0.417 e. The van der Waals surface area contributed by atoms with Crippen LogP contribution in [-0.2, 0) is 29.6 Å². The van der Waals surface area contributed by atoms with E-state index in [-0.39, 0.29) is 38.8 Å². The second-order valence-corrected chi connectivity index (χ2v) is 32.3. The topological polar surface area (TPSA) is 115 Å². The van der Waals surface area contributed by atoms with Crippen molar-refractivity contribution in [2.75, 3.05) is 0 Å². The fourth-order valence-electron chi connectivity index (χ4n) is 17.5. The molecule has 0 radical (unpaired) electrons. The van der Waals surface area contributed by atoms with E-state index < -0.39 is 28.9 Å². The minimum atomic E-state index is -4.80. The second kappa shape index (κ2) is 27.3. The summed E-state index contributed by atoms with van der Waals surface area (Å²) in [5, 5.41) is 49.3. The van der Waals surface area contributed by atoms with Crippen molar-refractivity contribution in [1.82, 2.24) is 18.3 Å². The van der Waals surface area contributed by atoms with Crippen molar-refractivity contribution < 1.29 is 26.3 Å². The zero-order chi connectivity index (χ0) is 80.8. The van der Waals surface area contributed by atoms with Gasteiger partial charge in [-0.25, -0.2) is 0 Å².